The molecule has 0 amide bonds. The smallest absolute Gasteiger partial charge is 0.0345 e. The van der Waals surface area contributed by atoms with Crippen molar-refractivity contribution in [2.24, 2.45) is 11.3 Å². The third kappa shape index (κ3) is 4.16. The van der Waals surface area contributed by atoms with Gasteiger partial charge in [-0.05, 0) is 23.8 Å². The summed E-state index contributed by atoms with van der Waals surface area (Å²) in [5, 5.41) is 3.77. The van der Waals surface area contributed by atoms with Gasteiger partial charge in [0.25, 0.3) is 0 Å². The third-order valence-electron chi connectivity index (χ3n) is 3.55. The van der Waals surface area contributed by atoms with Crippen LogP contribution >= 0.6 is 0 Å². The number of hydrogen-bond acceptors (Lipinski definition) is 1. The Morgan fingerprint density at radius 1 is 0.941 bits per heavy atom. The number of rotatable bonds is 4. The first kappa shape index (κ1) is 14.2. The molecule has 0 aliphatic rings. The first-order valence-electron chi connectivity index (χ1n) is 6.63. The Balaban J connectivity index is 2.82. The van der Waals surface area contributed by atoms with Crippen LogP contribution in [0.25, 0.3) is 0 Å². The molecule has 0 fully saturated rings. The van der Waals surface area contributed by atoms with Crippen molar-refractivity contribution < 1.29 is 0 Å². The SMILES string of the molecule is CC(C)C(NC(C)C(C)(C)C)c1ccccc1. The quantitative estimate of drug-likeness (QED) is 0.812. The van der Waals surface area contributed by atoms with Crippen molar-refractivity contribution in [2.45, 2.75) is 53.6 Å². The summed E-state index contributed by atoms with van der Waals surface area (Å²) in [7, 11) is 0. The Morgan fingerprint density at radius 2 is 1.47 bits per heavy atom. The van der Waals surface area contributed by atoms with Crippen LogP contribution in [-0.2, 0) is 0 Å². The van der Waals surface area contributed by atoms with E-state index < -0.39 is 0 Å². The van der Waals surface area contributed by atoms with E-state index in [9.17, 15) is 0 Å². The molecular weight excluding hydrogens is 206 g/mol. The summed E-state index contributed by atoms with van der Waals surface area (Å²) >= 11 is 0. The van der Waals surface area contributed by atoms with E-state index in [4.69, 9.17) is 0 Å². The van der Waals surface area contributed by atoms with Crippen LogP contribution in [0.15, 0.2) is 30.3 Å². The third-order valence-corrected chi connectivity index (χ3v) is 3.55. The minimum atomic E-state index is 0.294. The normalized spacial score (nSPS) is 15.9. The Labute approximate surface area is 107 Å². The molecule has 0 heterocycles. The van der Waals surface area contributed by atoms with Crippen molar-refractivity contribution in [1.29, 1.82) is 0 Å². The van der Waals surface area contributed by atoms with Gasteiger partial charge in [0.1, 0.15) is 0 Å². The summed E-state index contributed by atoms with van der Waals surface area (Å²) in [6.07, 6.45) is 0. The molecule has 0 aliphatic carbocycles. The topological polar surface area (TPSA) is 12.0 Å². The summed E-state index contributed by atoms with van der Waals surface area (Å²) in [4.78, 5) is 0. The van der Waals surface area contributed by atoms with E-state index in [0.717, 1.165) is 0 Å². The fraction of sp³-hybridized carbons (Fsp3) is 0.625. The van der Waals surface area contributed by atoms with Crippen LogP contribution in [-0.4, -0.2) is 6.04 Å². The van der Waals surface area contributed by atoms with Gasteiger partial charge in [-0.25, -0.2) is 0 Å². The van der Waals surface area contributed by atoms with E-state index in [2.05, 4.69) is 77.2 Å². The second kappa shape index (κ2) is 5.68. The van der Waals surface area contributed by atoms with Crippen LogP contribution < -0.4 is 5.32 Å². The second-order valence-corrected chi connectivity index (χ2v) is 6.39. The van der Waals surface area contributed by atoms with Crippen LogP contribution in [0.4, 0.5) is 0 Å². The van der Waals surface area contributed by atoms with Gasteiger partial charge in [0, 0.05) is 12.1 Å². The second-order valence-electron chi connectivity index (χ2n) is 6.39. The van der Waals surface area contributed by atoms with Crippen LogP contribution in [0.5, 0.6) is 0 Å². The molecule has 0 spiro atoms. The van der Waals surface area contributed by atoms with Crippen molar-refractivity contribution in [2.75, 3.05) is 0 Å². The summed E-state index contributed by atoms with van der Waals surface area (Å²) in [5.74, 6) is 0.599. The van der Waals surface area contributed by atoms with E-state index in [1.807, 2.05) is 0 Å². The minimum absolute atomic E-state index is 0.294. The highest BCUT2D eigenvalue weighted by Gasteiger charge is 2.24. The monoisotopic (exact) mass is 233 g/mol. The average molecular weight is 233 g/mol. The zero-order valence-corrected chi connectivity index (χ0v) is 12.1. The maximum atomic E-state index is 3.77. The van der Waals surface area contributed by atoms with Crippen molar-refractivity contribution in [3.05, 3.63) is 35.9 Å². The van der Waals surface area contributed by atoms with E-state index in [0.29, 0.717) is 23.4 Å². The molecule has 2 atom stereocenters. The molecule has 1 heteroatoms. The van der Waals surface area contributed by atoms with Gasteiger partial charge in [-0.1, -0.05) is 65.0 Å². The molecule has 0 saturated heterocycles. The fourth-order valence-electron chi connectivity index (χ4n) is 1.85. The predicted molar refractivity (Wildman–Crippen MR) is 76.1 cm³/mol. The molecule has 2 unspecified atom stereocenters. The standard InChI is InChI=1S/C16H27N/c1-12(2)15(14-10-8-7-9-11-14)17-13(3)16(4,5)6/h7-13,15,17H,1-6H3. The highest BCUT2D eigenvalue weighted by molar-refractivity contribution is 5.19. The first-order valence-corrected chi connectivity index (χ1v) is 6.63. The van der Waals surface area contributed by atoms with Gasteiger partial charge < -0.3 is 5.32 Å². The van der Waals surface area contributed by atoms with E-state index in [1.165, 1.54) is 5.56 Å². The lowest BCUT2D eigenvalue weighted by Crippen LogP contribution is -2.41. The van der Waals surface area contributed by atoms with Crippen LogP contribution in [0.3, 0.4) is 0 Å². The molecule has 0 radical (unpaired) electrons. The lowest BCUT2D eigenvalue weighted by molar-refractivity contribution is 0.241. The predicted octanol–water partition coefficient (Wildman–Crippen LogP) is 4.41. The summed E-state index contributed by atoms with van der Waals surface area (Å²) < 4.78 is 0. The van der Waals surface area contributed by atoms with Crippen molar-refractivity contribution in [1.82, 2.24) is 5.32 Å². The maximum Gasteiger partial charge on any atom is 0.0345 e. The molecule has 17 heavy (non-hydrogen) atoms. The lowest BCUT2D eigenvalue weighted by Gasteiger charge is -2.34. The average Bonchev–Trinajstić information content (AvgIpc) is 2.25. The molecule has 0 bridgehead atoms. The molecule has 0 aliphatic heterocycles. The van der Waals surface area contributed by atoms with Gasteiger partial charge in [-0.3, -0.25) is 0 Å². The lowest BCUT2D eigenvalue weighted by atomic mass is 9.85. The van der Waals surface area contributed by atoms with E-state index >= 15 is 0 Å². The van der Waals surface area contributed by atoms with Crippen LogP contribution in [0.2, 0.25) is 0 Å². The molecular formula is C16H27N. The largest absolute Gasteiger partial charge is 0.307 e. The van der Waals surface area contributed by atoms with Gasteiger partial charge in [0.05, 0.1) is 0 Å². The van der Waals surface area contributed by atoms with Gasteiger partial charge in [0.2, 0.25) is 0 Å². The molecule has 0 saturated carbocycles. The molecule has 1 aromatic rings. The number of hydrogen-bond donors (Lipinski definition) is 1. The number of benzene rings is 1. The highest BCUT2D eigenvalue weighted by Crippen LogP contribution is 2.26. The molecule has 1 rings (SSSR count). The Morgan fingerprint density at radius 3 is 1.88 bits per heavy atom. The molecule has 1 nitrogen and oxygen atoms in total. The van der Waals surface area contributed by atoms with E-state index in [-0.39, 0.29) is 0 Å². The van der Waals surface area contributed by atoms with Crippen LogP contribution in [0, 0.1) is 11.3 Å². The first-order chi connectivity index (χ1) is 7.82. The van der Waals surface area contributed by atoms with Crippen molar-refractivity contribution >= 4 is 0 Å². The maximum absolute atomic E-state index is 3.77. The minimum Gasteiger partial charge on any atom is -0.307 e. The summed E-state index contributed by atoms with van der Waals surface area (Å²) in [6.45, 7) is 13.7. The van der Waals surface area contributed by atoms with Crippen molar-refractivity contribution in [3.63, 3.8) is 0 Å². The van der Waals surface area contributed by atoms with E-state index in [1.54, 1.807) is 0 Å². The van der Waals surface area contributed by atoms with Crippen molar-refractivity contribution in [3.8, 4) is 0 Å². The highest BCUT2D eigenvalue weighted by atomic mass is 15.0. The van der Waals surface area contributed by atoms with Crippen LogP contribution in [0.1, 0.15) is 53.1 Å². The van der Waals surface area contributed by atoms with Gasteiger partial charge in [-0.15, -0.1) is 0 Å². The van der Waals surface area contributed by atoms with Gasteiger partial charge in [0.15, 0.2) is 0 Å². The molecule has 1 N–H and O–H groups in total. The summed E-state index contributed by atoms with van der Waals surface area (Å²) in [5.41, 5.74) is 1.68. The number of nitrogens with one attached hydrogen (secondary N) is 1. The molecule has 96 valence electrons. The Hall–Kier alpha value is -0.820. The zero-order chi connectivity index (χ0) is 13.1. The molecule has 0 aromatic heterocycles. The Kier molecular flexibility index (Phi) is 4.76. The fourth-order valence-corrected chi connectivity index (χ4v) is 1.85. The molecule has 1 aromatic carbocycles. The van der Waals surface area contributed by atoms with Gasteiger partial charge in [-0.2, -0.15) is 0 Å². The zero-order valence-electron chi connectivity index (χ0n) is 12.1. The Bertz CT molecular complexity index is 321. The summed E-state index contributed by atoms with van der Waals surface area (Å²) in [6, 6.07) is 11.7. The van der Waals surface area contributed by atoms with Gasteiger partial charge >= 0.3 is 0 Å².